The molecule has 120 valence electrons. The molecular formula is C15H12ClIN2O4. The molecule has 0 fully saturated rings. The standard InChI is InChI=1S/C15H12ClIN2O4/c1-23-13-5-8(4-12(17)14(13)20)7-18-19-9-2-3-11(16)10(6-9)15(21)22/h2-7,19-20H,1H3,(H,21,22)/b18-7-. The van der Waals surface area contributed by atoms with E-state index in [9.17, 15) is 9.90 Å². The number of aromatic hydroxyl groups is 1. The van der Waals surface area contributed by atoms with Crippen molar-refractivity contribution in [2.75, 3.05) is 12.5 Å². The maximum atomic E-state index is 11.0. The molecule has 0 spiro atoms. The van der Waals surface area contributed by atoms with Gasteiger partial charge in [-0.25, -0.2) is 4.79 Å². The van der Waals surface area contributed by atoms with Crippen LogP contribution in [-0.2, 0) is 0 Å². The number of aromatic carboxylic acids is 1. The number of carboxylic acids is 1. The van der Waals surface area contributed by atoms with Crippen LogP contribution in [0.1, 0.15) is 15.9 Å². The van der Waals surface area contributed by atoms with Crippen molar-refractivity contribution >= 4 is 52.1 Å². The van der Waals surface area contributed by atoms with Crippen LogP contribution in [0.4, 0.5) is 5.69 Å². The molecule has 0 aliphatic heterocycles. The number of nitrogens with zero attached hydrogens (tertiary/aromatic N) is 1. The quantitative estimate of drug-likeness (QED) is 0.369. The summed E-state index contributed by atoms with van der Waals surface area (Å²) in [4.78, 5) is 11.0. The summed E-state index contributed by atoms with van der Waals surface area (Å²) in [6, 6.07) is 7.85. The van der Waals surface area contributed by atoms with Gasteiger partial charge in [0.2, 0.25) is 0 Å². The molecule has 0 aliphatic carbocycles. The zero-order valence-corrected chi connectivity index (χ0v) is 14.8. The van der Waals surface area contributed by atoms with Crippen LogP contribution in [0.25, 0.3) is 0 Å². The highest BCUT2D eigenvalue weighted by atomic mass is 127. The number of hydrogen-bond acceptors (Lipinski definition) is 5. The Morgan fingerprint density at radius 1 is 1.39 bits per heavy atom. The van der Waals surface area contributed by atoms with E-state index in [4.69, 9.17) is 21.4 Å². The Morgan fingerprint density at radius 3 is 2.78 bits per heavy atom. The number of methoxy groups -OCH3 is 1. The van der Waals surface area contributed by atoms with Gasteiger partial charge in [0.25, 0.3) is 0 Å². The highest BCUT2D eigenvalue weighted by Gasteiger charge is 2.09. The third-order valence-electron chi connectivity index (χ3n) is 2.87. The number of anilines is 1. The minimum atomic E-state index is -1.11. The molecule has 2 aromatic carbocycles. The lowest BCUT2D eigenvalue weighted by atomic mass is 10.2. The van der Waals surface area contributed by atoms with Crippen LogP contribution in [0.5, 0.6) is 11.5 Å². The van der Waals surface area contributed by atoms with E-state index in [1.165, 1.54) is 25.5 Å². The van der Waals surface area contributed by atoms with Crippen LogP contribution in [0.15, 0.2) is 35.4 Å². The summed E-state index contributed by atoms with van der Waals surface area (Å²) in [5.41, 5.74) is 3.92. The number of benzene rings is 2. The van der Waals surface area contributed by atoms with Crippen molar-refractivity contribution in [3.63, 3.8) is 0 Å². The Labute approximate surface area is 150 Å². The van der Waals surface area contributed by atoms with E-state index in [0.717, 1.165) is 0 Å². The van der Waals surface area contributed by atoms with Gasteiger partial charge >= 0.3 is 5.97 Å². The van der Waals surface area contributed by atoms with Gasteiger partial charge in [-0.15, -0.1) is 0 Å². The van der Waals surface area contributed by atoms with Crippen LogP contribution >= 0.6 is 34.2 Å². The lowest BCUT2D eigenvalue weighted by molar-refractivity contribution is 0.0697. The van der Waals surface area contributed by atoms with Gasteiger partial charge in [0.05, 0.1) is 33.2 Å². The summed E-state index contributed by atoms with van der Waals surface area (Å²) >= 11 is 7.79. The smallest absolute Gasteiger partial charge is 0.337 e. The monoisotopic (exact) mass is 446 g/mol. The molecule has 0 saturated carbocycles. The maximum Gasteiger partial charge on any atom is 0.337 e. The summed E-state index contributed by atoms with van der Waals surface area (Å²) in [5, 5.41) is 23.0. The lowest BCUT2D eigenvalue weighted by Crippen LogP contribution is -1.99. The number of carbonyl (C=O) groups is 1. The zero-order valence-electron chi connectivity index (χ0n) is 11.9. The van der Waals surface area contributed by atoms with E-state index in [1.54, 1.807) is 18.2 Å². The Balaban J connectivity index is 2.18. The van der Waals surface area contributed by atoms with Crippen LogP contribution in [0, 0.1) is 3.57 Å². The second kappa shape index (κ2) is 7.51. The maximum absolute atomic E-state index is 11.0. The van der Waals surface area contributed by atoms with Crippen molar-refractivity contribution in [1.29, 1.82) is 0 Å². The Bertz CT molecular complexity index is 780. The normalized spacial score (nSPS) is 10.7. The fourth-order valence-corrected chi connectivity index (χ4v) is 2.59. The van der Waals surface area contributed by atoms with Crippen molar-refractivity contribution in [3.8, 4) is 11.5 Å². The fraction of sp³-hybridized carbons (Fsp3) is 0.0667. The van der Waals surface area contributed by atoms with Crippen LogP contribution in [-0.4, -0.2) is 29.5 Å². The molecule has 23 heavy (non-hydrogen) atoms. The van der Waals surface area contributed by atoms with Crippen molar-refractivity contribution in [2.24, 2.45) is 5.10 Å². The number of hydrogen-bond donors (Lipinski definition) is 3. The Hall–Kier alpha value is -2.00. The van der Waals surface area contributed by atoms with Crippen LogP contribution in [0.2, 0.25) is 5.02 Å². The van der Waals surface area contributed by atoms with Gasteiger partial charge in [-0.05, 0) is 58.5 Å². The summed E-state index contributed by atoms with van der Waals surface area (Å²) in [6.07, 6.45) is 1.53. The summed E-state index contributed by atoms with van der Waals surface area (Å²) in [5.74, 6) is -0.694. The fourth-order valence-electron chi connectivity index (χ4n) is 1.76. The second-order valence-corrected chi connectivity index (χ2v) is 5.99. The van der Waals surface area contributed by atoms with Crippen molar-refractivity contribution in [1.82, 2.24) is 0 Å². The number of carboxylic acid groups (broad SMARTS) is 1. The number of nitrogens with one attached hydrogen (secondary N) is 1. The number of phenols is 1. The zero-order chi connectivity index (χ0) is 17.0. The largest absolute Gasteiger partial charge is 0.504 e. The first-order valence-corrected chi connectivity index (χ1v) is 7.76. The minimum Gasteiger partial charge on any atom is -0.504 e. The highest BCUT2D eigenvalue weighted by Crippen LogP contribution is 2.31. The lowest BCUT2D eigenvalue weighted by Gasteiger charge is -2.06. The molecule has 0 amide bonds. The molecule has 3 N–H and O–H groups in total. The minimum absolute atomic E-state index is 0.00674. The van der Waals surface area contributed by atoms with Gasteiger partial charge in [0, 0.05) is 0 Å². The number of rotatable bonds is 5. The van der Waals surface area contributed by atoms with Gasteiger partial charge in [0.15, 0.2) is 11.5 Å². The van der Waals surface area contributed by atoms with E-state index in [2.05, 4.69) is 10.5 Å². The average Bonchev–Trinajstić information content (AvgIpc) is 2.51. The van der Waals surface area contributed by atoms with Crippen molar-refractivity contribution in [3.05, 3.63) is 50.1 Å². The van der Waals surface area contributed by atoms with Gasteiger partial charge in [0.1, 0.15) is 0 Å². The van der Waals surface area contributed by atoms with Gasteiger partial charge in [-0.1, -0.05) is 11.6 Å². The van der Waals surface area contributed by atoms with Crippen LogP contribution in [0.3, 0.4) is 0 Å². The van der Waals surface area contributed by atoms with E-state index < -0.39 is 5.97 Å². The number of phenolic OH excluding ortho intramolecular Hbond substituents is 1. The van der Waals surface area contributed by atoms with Gasteiger partial charge in [-0.3, -0.25) is 5.43 Å². The molecule has 8 heteroatoms. The average molecular weight is 447 g/mol. The van der Waals surface area contributed by atoms with E-state index in [-0.39, 0.29) is 16.3 Å². The second-order valence-electron chi connectivity index (χ2n) is 4.42. The number of hydrazone groups is 1. The Kier molecular flexibility index (Phi) is 5.67. The molecular weight excluding hydrogens is 435 g/mol. The topological polar surface area (TPSA) is 91.2 Å². The SMILES string of the molecule is COc1cc(/C=N\Nc2ccc(Cl)c(C(=O)O)c2)cc(I)c1O. The van der Waals surface area contributed by atoms with Crippen LogP contribution < -0.4 is 10.2 Å². The molecule has 2 rings (SSSR count). The first-order valence-electron chi connectivity index (χ1n) is 6.30. The molecule has 6 nitrogen and oxygen atoms in total. The molecule has 0 radical (unpaired) electrons. The first-order chi connectivity index (χ1) is 10.9. The third-order valence-corrected chi connectivity index (χ3v) is 4.03. The van der Waals surface area contributed by atoms with Gasteiger partial charge < -0.3 is 14.9 Å². The van der Waals surface area contributed by atoms with Crippen molar-refractivity contribution in [2.45, 2.75) is 0 Å². The predicted octanol–water partition coefficient (Wildman–Crippen LogP) is 3.80. The predicted molar refractivity (Wildman–Crippen MR) is 97.0 cm³/mol. The molecule has 0 saturated heterocycles. The molecule has 0 aromatic heterocycles. The molecule has 0 unspecified atom stereocenters. The van der Waals surface area contributed by atoms with Gasteiger partial charge in [-0.2, -0.15) is 5.10 Å². The van der Waals surface area contributed by atoms with E-state index >= 15 is 0 Å². The first kappa shape index (κ1) is 17.4. The van der Waals surface area contributed by atoms with Crippen molar-refractivity contribution < 1.29 is 19.7 Å². The third kappa shape index (κ3) is 4.26. The summed E-state index contributed by atoms with van der Waals surface area (Å²) in [7, 11) is 1.46. The number of halogens is 2. The highest BCUT2D eigenvalue weighted by molar-refractivity contribution is 14.1. The molecule has 0 bridgehead atoms. The molecule has 0 aliphatic rings. The van der Waals surface area contributed by atoms with E-state index in [1.807, 2.05) is 22.6 Å². The molecule has 0 heterocycles. The summed E-state index contributed by atoms with van der Waals surface area (Å²) in [6.45, 7) is 0. The molecule has 2 aromatic rings. The van der Waals surface area contributed by atoms with E-state index in [0.29, 0.717) is 20.6 Å². The Morgan fingerprint density at radius 2 is 2.13 bits per heavy atom. The number of ether oxygens (including phenoxy) is 1. The summed E-state index contributed by atoms with van der Waals surface area (Å²) < 4.78 is 5.70. The molecule has 0 atom stereocenters.